The summed E-state index contributed by atoms with van der Waals surface area (Å²) in [4.78, 5) is 26.1. The van der Waals surface area contributed by atoms with E-state index >= 15 is 0 Å². The van der Waals surface area contributed by atoms with Crippen molar-refractivity contribution in [1.82, 2.24) is 0 Å². The SMILES string of the molecule is Cc1ccc(C(=O)[C@@H](CC(=O)c2ccc(Cl)cc2)S(=O)(=O)c2ccc(C)cc2)cc1. The van der Waals surface area contributed by atoms with Gasteiger partial charge in [0.2, 0.25) is 0 Å². The smallest absolute Gasteiger partial charge is 0.189 e. The Morgan fingerprint density at radius 1 is 0.767 bits per heavy atom. The summed E-state index contributed by atoms with van der Waals surface area (Å²) in [6.07, 6.45) is -0.454. The molecule has 3 aromatic carbocycles. The summed E-state index contributed by atoms with van der Waals surface area (Å²) in [5, 5.41) is -1.06. The van der Waals surface area contributed by atoms with Gasteiger partial charge < -0.3 is 0 Å². The molecule has 30 heavy (non-hydrogen) atoms. The van der Waals surface area contributed by atoms with Crippen LogP contribution in [0.2, 0.25) is 5.02 Å². The molecule has 0 saturated carbocycles. The molecular formula is C24H21ClO4S. The van der Waals surface area contributed by atoms with Crippen molar-refractivity contribution < 1.29 is 18.0 Å². The topological polar surface area (TPSA) is 68.3 Å². The number of carbonyl (C=O) groups excluding carboxylic acids is 2. The summed E-state index contributed by atoms with van der Waals surface area (Å²) in [5.74, 6) is -1.04. The van der Waals surface area contributed by atoms with Crippen molar-refractivity contribution in [2.45, 2.75) is 30.4 Å². The highest BCUT2D eigenvalue weighted by Gasteiger charge is 2.36. The van der Waals surface area contributed by atoms with Gasteiger partial charge in [-0.25, -0.2) is 8.42 Å². The lowest BCUT2D eigenvalue weighted by Gasteiger charge is -2.17. The van der Waals surface area contributed by atoms with Crippen molar-refractivity contribution in [2.75, 3.05) is 0 Å². The van der Waals surface area contributed by atoms with Crippen LogP contribution in [0.3, 0.4) is 0 Å². The van der Waals surface area contributed by atoms with E-state index in [1.54, 1.807) is 48.5 Å². The van der Waals surface area contributed by atoms with Crippen LogP contribution in [0.1, 0.15) is 38.3 Å². The minimum atomic E-state index is -4.08. The molecule has 1 atom stereocenters. The Hall–Kier alpha value is -2.76. The van der Waals surface area contributed by atoms with Gasteiger partial charge >= 0.3 is 0 Å². The third-order valence-corrected chi connectivity index (χ3v) is 7.20. The summed E-state index contributed by atoms with van der Waals surface area (Å²) in [6, 6.07) is 19.1. The fraction of sp³-hybridized carbons (Fsp3) is 0.167. The summed E-state index contributed by atoms with van der Waals surface area (Å²) in [7, 11) is -4.08. The van der Waals surface area contributed by atoms with Crippen LogP contribution in [0, 0.1) is 13.8 Å². The van der Waals surface area contributed by atoms with Gasteiger partial charge in [-0.3, -0.25) is 9.59 Å². The molecule has 0 aromatic heterocycles. The first kappa shape index (κ1) is 21.9. The molecule has 0 heterocycles. The van der Waals surface area contributed by atoms with E-state index in [1.807, 2.05) is 13.8 Å². The molecule has 6 heteroatoms. The van der Waals surface area contributed by atoms with Gasteiger partial charge in [0.25, 0.3) is 0 Å². The summed E-state index contributed by atoms with van der Waals surface area (Å²) in [6.45, 7) is 3.72. The zero-order valence-electron chi connectivity index (χ0n) is 16.6. The molecule has 4 nitrogen and oxygen atoms in total. The van der Waals surface area contributed by atoms with Crippen molar-refractivity contribution in [1.29, 1.82) is 0 Å². The summed E-state index contributed by atoms with van der Waals surface area (Å²) < 4.78 is 26.7. The van der Waals surface area contributed by atoms with E-state index in [9.17, 15) is 18.0 Å². The van der Waals surface area contributed by atoms with Crippen molar-refractivity contribution in [3.8, 4) is 0 Å². The van der Waals surface area contributed by atoms with Gasteiger partial charge in [-0.2, -0.15) is 0 Å². The van der Waals surface area contributed by atoms with E-state index in [-0.39, 0.29) is 10.5 Å². The van der Waals surface area contributed by atoms with Gasteiger partial charge in [-0.1, -0.05) is 59.1 Å². The second-order valence-corrected chi connectivity index (χ2v) is 9.78. The fourth-order valence-corrected chi connectivity index (χ4v) is 4.82. The first-order valence-corrected chi connectivity index (χ1v) is 11.3. The lowest BCUT2D eigenvalue weighted by atomic mass is 10.0. The number of carbonyl (C=O) groups is 2. The zero-order chi connectivity index (χ0) is 21.9. The molecule has 0 radical (unpaired) electrons. The Morgan fingerprint density at radius 3 is 1.77 bits per heavy atom. The second kappa shape index (κ2) is 8.94. The number of ketones is 2. The van der Waals surface area contributed by atoms with Gasteiger partial charge in [0, 0.05) is 22.6 Å². The molecule has 0 aliphatic rings. The van der Waals surface area contributed by atoms with Gasteiger partial charge in [0.15, 0.2) is 21.4 Å². The minimum Gasteiger partial charge on any atom is -0.294 e. The van der Waals surface area contributed by atoms with E-state index in [0.717, 1.165) is 11.1 Å². The second-order valence-electron chi connectivity index (χ2n) is 7.21. The van der Waals surface area contributed by atoms with Crippen molar-refractivity contribution >= 4 is 33.0 Å². The number of aryl methyl sites for hydroxylation is 2. The fourth-order valence-electron chi connectivity index (χ4n) is 3.06. The van der Waals surface area contributed by atoms with Crippen LogP contribution < -0.4 is 0 Å². The van der Waals surface area contributed by atoms with Crippen LogP contribution in [0.25, 0.3) is 0 Å². The van der Waals surface area contributed by atoms with E-state index in [0.29, 0.717) is 10.6 Å². The van der Waals surface area contributed by atoms with Gasteiger partial charge in [-0.15, -0.1) is 0 Å². The molecule has 0 N–H and O–H groups in total. The molecule has 3 rings (SSSR count). The Morgan fingerprint density at radius 2 is 1.23 bits per heavy atom. The standard InChI is InChI=1S/C24H21ClO4S/c1-16-3-7-19(8-4-16)24(27)23(15-22(26)18-9-11-20(25)12-10-18)30(28,29)21-13-5-17(2)6-14-21/h3-14,23H,15H2,1-2H3/t23-/m1/s1. The maximum atomic E-state index is 13.4. The third-order valence-electron chi connectivity index (χ3n) is 4.89. The highest BCUT2D eigenvalue weighted by atomic mass is 35.5. The number of benzene rings is 3. The molecule has 0 unspecified atom stereocenters. The largest absolute Gasteiger partial charge is 0.294 e. The van der Waals surface area contributed by atoms with Crippen molar-refractivity contribution in [3.63, 3.8) is 0 Å². The van der Waals surface area contributed by atoms with E-state index in [2.05, 4.69) is 0 Å². The molecule has 0 fully saturated rings. The van der Waals surface area contributed by atoms with Gasteiger partial charge in [-0.05, 0) is 50.2 Å². The molecular weight excluding hydrogens is 420 g/mol. The normalized spacial score (nSPS) is 12.4. The van der Waals surface area contributed by atoms with E-state index in [1.165, 1.54) is 24.3 Å². The molecule has 0 saturated heterocycles. The van der Waals surface area contributed by atoms with Crippen LogP contribution in [-0.2, 0) is 9.84 Å². The molecule has 3 aromatic rings. The molecule has 0 amide bonds. The highest BCUT2D eigenvalue weighted by molar-refractivity contribution is 7.92. The predicted octanol–water partition coefficient (Wildman–Crippen LogP) is 5.26. The van der Waals surface area contributed by atoms with Crippen molar-refractivity contribution in [2.24, 2.45) is 0 Å². The van der Waals surface area contributed by atoms with Crippen LogP contribution in [-0.4, -0.2) is 25.2 Å². The maximum Gasteiger partial charge on any atom is 0.189 e. The minimum absolute atomic E-state index is 0.0162. The Balaban J connectivity index is 2.02. The van der Waals surface area contributed by atoms with Crippen LogP contribution in [0.15, 0.2) is 77.7 Å². The molecule has 0 spiro atoms. The molecule has 0 aliphatic heterocycles. The number of halogens is 1. The maximum absolute atomic E-state index is 13.4. The predicted molar refractivity (Wildman–Crippen MR) is 118 cm³/mol. The lowest BCUT2D eigenvalue weighted by molar-refractivity contribution is 0.0920. The Labute approximate surface area is 181 Å². The van der Waals surface area contributed by atoms with Crippen LogP contribution in [0.5, 0.6) is 0 Å². The molecule has 0 bridgehead atoms. The summed E-state index contributed by atoms with van der Waals surface area (Å²) >= 11 is 5.87. The quantitative estimate of drug-likeness (QED) is 0.470. The van der Waals surface area contributed by atoms with E-state index in [4.69, 9.17) is 11.6 Å². The third kappa shape index (κ3) is 4.86. The number of hydrogen-bond donors (Lipinski definition) is 0. The monoisotopic (exact) mass is 440 g/mol. The summed E-state index contributed by atoms with van der Waals surface area (Å²) in [5.41, 5.74) is 2.40. The van der Waals surface area contributed by atoms with Gasteiger partial charge in [0.1, 0.15) is 5.25 Å². The first-order valence-electron chi connectivity index (χ1n) is 9.38. The lowest BCUT2D eigenvalue weighted by Crippen LogP contribution is -2.33. The zero-order valence-corrected chi connectivity index (χ0v) is 18.2. The van der Waals surface area contributed by atoms with Crippen LogP contribution >= 0.6 is 11.6 Å². The average Bonchev–Trinajstić information content (AvgIpc) is 2.72. The number of sulfone groups is 1. The number of Topliss-reactive ketones (excluding diaryl/α,β-unsaturated/α-hetero) is 2. The average molecular weight is 441 g/mol. The Bertz CT molecular complexity index is 1160. The van der Waals surface area contributed by atoms with E-state index < -0.39 is 33.1 Å². The highest BCUT2D eigenvalue weighted by Crippen LogP contribution is 2.25. The van der Waals surface area contributed by atoms with Gasteiger partial charge in [0.05, 0.1) is 4.90 Å². The molecule has 154 valence electrons. The van der Waals surface area contributed by atoms with Crippen molar-refractivity contribution in [3.05, 3.63) is 100 Å². The first-order chi connectivity index (χ1) is 14.2. The number of hydrogen-bond acceptors (Lipinski definition) is 4. The Kier molecular flexibility index (Phi) is 6.54. The number of rotatable bonds is 7. The molecule has 0 aliphatic carbocycles. The van der Waals surface area contributed by atoms with Crippen LogP contribution in [0.4, 0.5) is 0 Å².